The second kappa shape index (κ2) is 7.11. The van der Waals surface area contributed by atoms with Gasteiger partial charge in [-0.2, -0.15) is 0 Å². The molecule has 0 saturated heterocycles. The number of halogens is 2. The summed E-state index contributed by atoms with van der Waals surface area (Å²) in [6.45, 7) is 6.24. The van der Waals surface area contributed by atoms with E-state index >= 15 is 0 Å². The largest absolute Gasteiger partial charge is 0.594 e. The fourth-order valence-electron chi connectivity index (χ4n) is 2.87. The van der Waals surface area contributed by atoms with E-state index in [1.807, 2.05) is 37.5 Å². The van der Waals surface area contributed by atoms with Crippen molar-refractivity contribution >= 4 is 10.9 Å². The molecule has 0 atom stereocenters. The van der Waals surface area contributed by atoms with Crippen molar-refractivity contribution in [3.05, 3.63) is 70.2 Å². The van der Waals surface area contributed by atoms with Crippen LogP contribution in [-0.2, 0) is 13.2 Å². The Hall–Kier alpha value is -2.96. The molecule has 136 valence electrons. The summed E-state index contributed by atoms with van der Waals surface area (Å²) in [5.74, 6) is -1.25. The highest BCUT2D eigenvalue weighted by Crippen LogP contribution is 2.30. The normalized spacial score (nSPS) is 11.6. The summed E-state index contributed by atoms with van der Waals surface area (Å²) >= 11 is 0. The van der Waals surface area contributed by atoms with Crippen LogP contribution in [0.1, 0.15) is 23.7 Å². The molecular weight excluding hydrogens is 340 g/mol. The van der Waals surface area contributed by atoms with Crippen LogP contribution in [0.15, 0.2) is 36.5 Å². The molecule has 2 aromatic heterocycles. The molecule has 2 heterocycles. The third-order valence-electron chi connectivity index (χ3n) is 4.41. The zero-order valence-electron chi connectivity index (χ0n) is 14.8. The molecule has 26 heavy (non-hydrogen) atoms. The van der Waals surface area contributed by atoms with Crippen molar-refractivity contribution in [2.75, 3.05) is 0 Å². The lowest BCUT2D eigenvalue weighted by molar-refractivity contribution is -0.668. The molecule has 1 aromatic carbocycles. The minimum atomic E-state index is -0.705. The predicted octanol–water partition coefficient (Wildman–Crippen LogP) is 3.72. The van der Waals surface area contributed by atoms with Crippen LogP contribution in [0.25, 0.3) is 10.9 Å². The first-order valence-electron chi connectivity index (χ1n) is 8.20. The molecule has 0 aliphatic carbocycles. The predicted molar refractivity (Wildman–Crippen MR) is 93.7 cm³/mol. The highest BCUT2D eigenvalue weighted by Gasteiger charge is 2.21. The molecule has 0 saturated carbocycles. The minimum absolute atomic E-state index is 0.113. The van der Waals surface area contributed by atoms with Gasteiger partial charge in [0.15, 0.2) is 0 Å². The SMILES string of the molecule is C/C=C/Cn1c(C)c(C)c2c[n+]([O-])nc(OCc3ccc(F)cc3F)c21. The summed E-state index contributed by atoms with van der Waals surface area (Å²) in [6, 6.07) is 3.27. The number of benzene rings is 1. The van der Waals surface area contributed by atoms with E-state index in [1.165, 1.54) is 12.3 Å². The average molecular weight is 359 g/mol. The molecule has 3 aromatic rings. The number of aryl methyl sites for hydroxylation is 1. The van der Waals surface area contributed by atoms with Crippen molar-refractivity contribution in [3.8, 4) is 5.88 Å². The van der Waals surface area contributed by atoms with Crippen molar-refractivity contribution < 1.29 is 18.4 Å². The molecule has 5 nitrogen and oxygen atoms in total. The van der Waals surface area contributed by atoms with E-state index in [1.54, 1.807) is 0 Å². The summed E-state index contributed by atoms with van der Waals surface area (Å²) in [4.78, 5) is 0.436. The van der Waals surface area contributed by atoms with Crippen molar-refractivity contribution in [1.29, 1.82) is 0 Å². The summed E-state index contributed by atoms with van der Waals surface area (Å²) in [5, 5.41) is 16.5. The topological polar surface area (TPSA) is 54.0 Å². The van der Waals surface area contributed by atoms with E-state index < -0.39 is 11.6 Å². The standard InChI is InChI=1S/C19H19F2N3O2/c1-4-5-8-23-13(3)12(2)16-10-24(25)22-19(18(16)23)26-11-14-6-7-15(20)9-17(14)21/h4-7,9-10H,8,11H2,1-3H3/b5-4+. The van der Waals surface area contributed by atoms with Crippen LogP contribution in [0.2, 0.25) is 0 Å². The van der Waals surface area contributed by atoms with E-state index in [0.29, 0.717) is 16.9 Å². The van der Waals surface area contributed by atoms with Gasteiger partial charge in [-0.15, -0.1) is 0 Å². The van der Waals surface area contributed by atoms with Gasteiger partial charge in [0.2, 0.25) is 6.20 Å². The van der Waals surface area contributed by atoms with Gasteiger partial charge in [0.1, 0.15) is 23.8 Å². The Kier molecular flexibility index (Phi) is 4.88. The quantitative estimate of drug-likeness (QED) is 0.396. The summed E-state index contributed by atoms with van der Waals surface area (Å²) in [7, 11) is 0. The maximum Gasteiger partial charge on any atom is 0.305 e. The Morgan fingerprint density at radius 1 is 1.31 bits per heavy atom. The molecule has 0 spiro atoms. The molecule has 0 radical (unpaired) electrons. The monoisotopic (exact) mass is 359 g/mol. The minimum Gasteiger partial charge on any atom is -0.594 e. The van der Waals surface area contributed by atoms with E-state index in [9.17, 15) is 14.0 Å². The Balaban J connectivity index is 2.05. The molecular formula is C19H19F2N3O2. The Labute approximate surface area is 149 Å². The van der Waals surface area contributed by atoms with E-state index in [-0.39, 0.29) is 18.1 Å². The average Bonchev–Trinajstić information content (AvgIpc) is 2.83. The number of allylic oxidation sites excluding steroid dienone is 2. The lowest BCUT2D eigenvalue weighted by atomic mass is 10.2. The third-order valence-corrected chi connectivity index (χ3v) is 4.41. The van der Waals surface area contributed by atoms with Crippen LogP contribution in [-0.4, -0.2) is 9.67 Å². The van der Waals surface area contributed by atoms with Crippen molar-refractivity contribution in [2.45, 2.75) is 33.9 Å². The number of aromatic nitrogens is 3. The molecule has 0 N–H and O–H groups in total. The van der Waals surface area contributed by atoms with Crippen LogP contribution < -0.4 is 9.58 Å². The van der Waals surface area contributed by atoms with Gasteiger partial charge in [0.25, 0.3) is 0 Å². The van der Waals surface area contributed by atoms with Crippen molar-refractivity contribution in [3.63, 3.8) is 0 Å². The van der Waals surface area contributed by atoms with Crippen LogP contribution in [0.3, 0.4) is 0 Å². The van der Waals surface area contributed by atoms with Crippen molar-refractivity contribution in [2.24, 2.45) is 0 Å². The van der Waals surface area contributed by atoms with Crippen LogP contribution in [0.4, 0.5) is 8.78 Å². The first kappa shape index (κ1) is 17.8. The zero-order chi connectivity index (χ0) is 18.8. The Bertz CT molecular complexity index is 996. The smallest absolute Gasteiger partial charge is 0.305 e. The highest BCUT2D eigenvalue weighted by atomic mass is 19.1. The summed E-state index contributed by atoms with van der Waals surface area (Å²) < 4.78 is 34.5. The fourth-order valence-corrected chi connectivity index (χ4v) is 2.87. The lowest BCUT2D eigenvalue weighted by Crippen LogP contribution is -2.31. The lowest BCUT2D eigenvalue weighted by Gasteiger charge is -2.10. The number of hydrogen-bond acceptors (Lipinski definition) is 3. The van der Waals surface area contributed by atoms with Gasteiger partial charge in [-0.3, -0.25) is 0 Å². The maximum atomic E-state index is 13.8. The first-order valence-corrected chi connectivity index (χ1v) is 8.20. The number of ether oxygens (including phenoxy) is 1. The maximum absolute atomic E-state index is 13.8. The van der Waals surface area contributed by atoms with Gasteiger partial charge in [-0.1, -0.05) is 17.0 Å². The van der Waals surface area contributed by atoms with Gasteiger partial charge < -0.3 is 14.5 Å². The van der Waals surface area contributed by atoms with Gasteiger partial charge in [0, 0.05) is 23.9 Å². The molecule has 3 rings (SSSR count). The molecule has 0 aliphatic rings. The number of nitrogens with zero attached hydrogens (tertiary/aromatic N) is 3. The van der Waals surface area contributed by atoms with Gasteiger partial charge in [-0.05, 0) is 38.5 Å². The Morgan fingerprint density at radius 3 is 2.77 bits per heavy atom. The van der Waals surface area contributed by atoms with E-state index in [2.05, 4.69) is 5.10 Å². The number of rotatable bonds is 5. The first-order chi connectivity index (χ1) is 12.4. The summed E-state index contributed by atoms with van der Waals surface area (Å²) in [5.41, 5.74) is 2.80. The number of hydrogen-bond donors (Lipinski definition) is 0. The zero-order valence-corrected chi connectivity index (χ0v) is 14.8. The molecule has 7 heteroatoms. The third kappa shape index (κ3) is 3.24. The molecule has 0 unspecified atom stereocenters. The van der Waals surface area contributed by atoms with E-state index in [4.69, 9.17) is 4.74 Å². The highest BCUT2D eigenvalue weighted by molar-refractivity contribution is 5.87. The molecule has 0 fully saturated rings. The fraction of sp³-hybridized carbons (Fsp3) is 0.263. The van der Waals surface area contributed by atoms with Gasteiger partial charge in [0.05, 0.1) is 10.5 Å². The van der Waals surface area contributed by atoms with Crippen LogP contribution in [0, 0.1) is 30.7 Å². The molecule has 0 amide bonds. The Morgan fingerprint density at radius 2 is 2.08 bits per heavy atom. The van der Waals surface area contributed by atoms with Crippen LogP contribution in [0.5, 0.6) is 5.88 Å². The van der Waals surface area contributed by atoms with Gasteiger partial charge in [-0.25, -0.2) is 8.78 Å². The second-order valence-electron chi connectivity index (χ2n) is 6.01. The van der Waals surface area contributed by atoms with Crippen LogP contribution >= 0.6 is 0 Å². The van der Waals surface area contributed by atoms with Gasteiger partial charge >= 0.3 is 5.88 Å². The van der Waals surface area contributed by atoms with Crippen molar-refractivity contribution in [1.82, 2.24) is 9.67 Å². The second-order valence-corrected chi connectivity index (χ2v) is 6.01. The number of fused-ring (bicyclic) bond motifs is 1. The summed E-state index contributed by atoms with van der Waals surface area (Å²) in [6.07, 6.45) is 5.31. The molecule has 0 bridgehead atoms. The molecule has 0 aliphatic heterocycles. The van der Waals surface area contributed by atoms with E-state index in [0.717, 1.165) is 28.8 Å².